The molecule has 2 aliphatic rings. The molecule has 1 fully saturated rings. The number of nitrogens with zero attached hydrogens (tertiary/aromatic N) is 5. The number of carbonyl (C=O) groups excluding carboxylic acids is 2. The van der Waals surface area contributed by atoms with Gasteiger partial charge in [0.2, 0.25) is 5.95 Å². The van der Waals surface area contributed by atoms with Crippen molar-refractivity contribution in [1.29, 1.82) is 0 Å². The van der Waals surface area contributed by atoms with Crippen molar-refractivity contribution in [2.75, 3.05) is 43.0 Å². The van der Waals surface area contributed by atoms with Gasteiger partial charge in [0, 0.05) is 56.1 Å². The lowest BCUT2D eigenvalue weighted by Crippen LogP contribution is -2.49. The lowest BCUT2D eigenvalue weighted by molar-refractivity contribution is -0.114. The number of anilines is 2. The summed E-state index contributed by atoms with van der Waals surface area (Å²) in [5.74, 6) is 0.598. The van der Waals surface area contributed by atoms with Crippen molar-refractivity contribution < 1.29 is 9.59 Å². The molecule has 0 unspecified atom stereocenters. The first kappa shape index (κ1) is 22.2. The van der Waals surface area contributed by atoms with E-state index in [1.54, 1.807) is 30.4 Å². The molecule has 8 heteroatoms. The van der Waals surface area contributed by atoms with Gasteiger partial charge in [0.15, 0.2) is 0 Å². The predicted molar refractivity (Wildman–Crippen MR) is 135 cm³/mol. The predicted octanol–water partition coefficient (Wildman–Crippen LogP) is 3.86. The molecule has 2 aliphatic heterocycles. The minimum absolute atomic E-state index is 0.0245. The molecule has 1 saturated heterocycles. The third-order valence-electron chi connectivity index (χ3n) is 6.18. The number of benzene rings is 2. The van der Waals surface area contributed by atoms with Gasteiger partial charge in [-0.05, 0) is 48.4 Å². The molecule has 0 bridgehead atoms. The van der Waals surface area contributed by atoms with Gasteiger partial charge in [0.05, 0.1) is 10.6 Å². The van der Waals surface area contributed by atoms with Crippen LogP contribution in [0.4, 0.5) is 11.6 Å². The summed E-state index contributed by atoms with van der Waals surface area (Å²) >= 11 is 1.45. The Bertz CT molecular complexity index is 1270. The van der Waals surface area contributed by atoms with Gasteiger partial charge in [0.1, 0.15) is 0 Å². The van der Waals surface area contributed by atoms with E-state index >= 15 is 0 Å². The summed E-state index contributed by atoms with van der Waals surface area (Å²) in [6, 6.07) is 15.4. The van der Waals surface area contributed by atoms with E-state index in [1.165, 1.54) is 11.8 Å². The molecule has 2 amide bonds. The molecular formula is C26H25N5O2S. The van der Waals surface area contributed by atoms with Gasteiger partial charge < -0.3 is 14.7 Å². The Kier molecular flexibility index (Phi) is 6.06. The Morgan fingerprint density at radius 2 is 1.74 bits per heavy atom. The summed E-state index contributed by atoms with van der Waals surface area (Å²) < 4.78 is 0. The number of hydrogen-bond acceptors (Lipinski definition) is 6. The topological polar surface area (TPSA) is 69.6 Å². The Morgan fingerprint density at radius 3 is 2.47 bits per heavy atom. The van der Waals surface area contributed by atoms with E-state index in [0.29, 0.717) is 42.6 Å². The molecule has 0 spiro atoms. The van der Waals surface area contributed by atoms with Gasteiger partial charge >= 0.3 is 0 Å². The van der Waals surface area contributed by atoms with E-state index in [4.69, 9.17) is 0 Å². The number of hydrogen-bond donors (Lipinski definition) is 0. The van der Waals surface area contributed by atoms with Crippen LogP contribution in [0.1, 0.15) is 21.5 Å². The third-order valence-corrected chi connectivity index (χ3v) is 7.26. The summed E-state index contributed by atoms with van der Waals surface area (Å²) in [6.07, 6.45) is 5.39. The summed E-state index contributed by atoms with van der Waals surface area (Å²) in [5.41, 5.74) is 3.51. The Labute approximate surface area is 203 Å². The van der Waals surface area contributed by atoms with E-state index in [-0.39, 0.29) is 11.8 Å². The number of likely N-dealkylation sites (N-methyl/N-ethyl adjacent to an activating group) is 1. The second kappa shape index (κ2) is 9.30. The molecule has 0 atom stereocenters. The summed E-state index contributed by atoms with van der Waals surface area (Å²) in [7, 11) is 1.76. The highest BCUT2D eigenvalue weighted by atomic mass is 32.2. The molecule has 0 saturated carbocycles. The molecule has 3 aromatic rings. The first-order valence-corrected chi connectivity index (χ1v) is 12.0. The van der Waals surface area contributed by atoms with Gasteiger partial charge in [-0.2, -0.15) is 0 Å². The first-order chi connectivity index (χ1) is 16.5. The highest BCUT2D eigenvalue weighted by Gasteiger charge is 2.29. The molecule has 2 aromatic carbocycles. The minimum atomic E-state index is -0.0678. The molecule has 172 valence electrons. The largest absolute Gasteiger partial charge is 0.337 e. The van der Waals surface area contributed by atoms with Crippen LogP contribution in [0, 0.1) is 6.92 Å². The summed E-state index contributed by atoms with van der Waals surface area (Å²) in [4.78, 5) is 42.1. The molecule has 0 aliphatic carbocycles. The SMILES string of the molecule is Cc1ccccc1/C=C1/Sc2ccc(C(=O)N3CCN(c4ncccn4)CC3)cc2N(C)C1=O. The van der Waals surface area contributed by atoms with Gasteiger partial charge in [-0.15, -0.1) is 0 Å². The molecule has 5 rings (SSSR count). The number of aryl methyl sites for hydroxylation is 1. The molecule has 0 N–H and O–H groups in total. The summed E-state index contributed by atoms with van der Waals surface area (Å²) in [6.45, 7) is 4.60. The number of carbonyl (C=O) groups is 2. The smallest absolute Gasteiger partial charge is 0.264 e. The Morgan fingerprint density at radius 1 is 1.00 bits per heavy atom. The second-order valence-electron chi connectivity index (χ2n) is 8.34. The monoisotopic (exact) mass is 471 g/mol. The van der Waals surface area contributed by atoms with Crippen LogP contribution in [-0.4, -0.2) is 59.9 Å². The fourth-order valence-corrected chi connectivity index (χ4v) is 5.25. The first-order valence-electron chi connectivity index (χ1n) is 11.2. The number of amides is 2. The molecule has 34 heavy (non-hydrogen) atoms. The van der Waals surface area contributed by atoms with Crippen molar-refractivity contribution in [2.45, 2.75) is 11.8 Å². The van der Waals surface area contributed by atoms with Crippen molar-refractivity contribution in [3.8, 4) is 0 Å². The lowest BCUT2D eigenvalue weighted by Gasteiger charge is -2.35. The number of fused-ring (bicyclic) bond motifs is 1. The fraction of sp³-hybridized carbons (Fsp3) is 0.231. The molecular weight excluding hydrogens is 446 g/mol. The van der Waals surface area contributed by atoms with Crippen molar-refractivity contribution in [1.82, 2.24) is 14.9 Å². The zero-order valence-electron chi connectivity index (χ0n) is 19.1. The normalized spacial score (nSPS) is 17.2. The Balaban J connectivity index is 1.32. The van der Waals surface area contributed by atoms with Crippen LogP contribution in [0.5, 0.6) is 0 Å². The zero-order valence-corrected chi connectivity index (χ0v) is 20.0. The van der Waals surface area contributed by atoms with E-state index < -0.39 is 0 Å². The summed E-state index contributed by atoms with van der Waals surface area (Å²) in [5, 5.41) is 0. The number of rotatable bonds is 3. The number of piperazine rings is 1. The van der Waals surface area contributed by atoms with Gasteiger partial charge in [-0.3, -0.25) is 9.59 Å². The minimum Gasteiger partial charge on any atom is -0.337 e. The number of aromatic nitrogens is 2. The molecule has 3 heterocycles. The van der Waals surface area contributed by atoms with Crippen molar-refractivity contribution in [2.24, 2.45) is 0 Å². The second-order valence-corrected chi connectivity index (χ2v) is 9.43. The zero-order chi connectivity index (χ0) is 23.7. The quantitative estimate of drug-likeness (QED) is 0.541. The van der Waals surface area contributed by atoms with Crippen LogP contribution in [0.3, 0.4) is 0 Å². The average molecular weight is 472 g/mol. The highest BCUT2D eigenvalue weighted by molar-refractivity contribution is 8.04. The van der Waals surface area contributed by atoms with E-state index in [9.17, 15) is 9.59 Å². The van der Waals surface area contributed by atoms with Crippen LogP contribution < -0.4 is 9.80 Å². The van der Waals surface area contributed by atoms with Crippen LogP contribution in [0.25, 0.3) is 6.08 Å². The van der Waals surface area contributed by atoms with E-state index in [0.717, 1.165) is 21.7 Å². The number of thioether (sulfide) groups is 1. The van der Waals surface area contributed by atoms with Crippen LogP contribution in [-0.2, 0) is 4.79 Å². The maximum atomic E-state index is 13.2. The van der Waals surface area contributed by atoms with Crippen LogP contribution in [0.2, 0.25) is 0 Å². The maximum Gasteiger partial charge on any atom is 0.264 e. The van der Waals surface area contributed by atoms with E-state index in [2.05, 4.69) is 14.9 Å². The van der Waals surface area contributed by atoms with E-state index in [1.807, 2.05) is 60.4 Å². The molecule has 1 aromatic heterocycles. The maximum absolute atomic E-state index is 13.2. The standard InChI is InChI=1S/C26H25N5O2S/c1-18-6-3-4-7-19(18)17-23-25(33)29(2)21-16-20(8-9-22(21)34-23)24(32)30-12-14-31(15-13-30)26-27-10-5-11-28-26/h3-11,16-17H,12-15H2,1-2H3/b23-17+. The van der Waals surface area contributed by atoms with Crippen LogP contribution in [0.15, 0.2) is 70.7 Å². The third kappa shape index (κ3) is 4.28. The van der Waals surface area contributed by atoms with Crippen molar-refractivity contribution in [3.63, 3.8) is 0 Å². The molecule has 7 nitrogen and oxygen atoms in total. The lowest BCUT2D eigenvalue weighted by atomic mass is 10.1. The highest BCUT2D eigenvalue weighted by Crippen LogP contribution is 2.42. The van der Waals surface area contributed by atoms with Gasteiger partial charge in [-0.1, -0.05) is 36.0 Å². The molecule has 0 radical (unpaired) electrons. The fourth-order valence-electron chi connectivity index (χ4n) is 4.16. The Hall–Kier alpha value is -3.65. The van der Waals surface area contributed by atoms with Gasteiger partial charge in [-0.25, -0.2) is 9.97 Å². The van der Waals surface area contributed by atoms with Crippen LogP contribution >= 0.6 is 11.8 Å². The van der Waals surface area contributed by atoms with Crippen molar-refractivity contribution >= 4 is 41.3 Å². The average Bonchev–Trinajstić information content (AvgIpc) is 2.88. The van der Waals surface area contributed by atoms with Gasteiger partial charge in [0.25, 0.3) is 11.8 Å². The van der Waals surface area contributed by atoms with Crippen molar-refractivity contribution in [3.05, 3.63) is 82.5 Å².